The lowest BCUT2D eigenvalue weighted by atomic mass is 10.3. The summed E-state index contributed by atoms with van der Waals surface area (Å²) < 4.78 is 28.0. The minimum atomic E-state index is -3.56. The Morgan fingerprint density at radius 1 is 1.35 bits per heavy atom. The van der Waals surface area contributed by atoms with E-state index in [1.54, 1.807) is 37.3 Å². The smallest absolute Gasteiger partial charge is 0.273 e. The van der Waals surface area contributed by atoms with Crippen LogP contribution in [0.3, 0.4) is 0 Å². The summed E-state index contributed by atoms with van der Waals surface area (Å²) in [6.45, 7) is 4.02. The fourth-order valence-electron chi connectivity index (χ4n) is 1.84. The van der Waals surface area contributed by atoms with Gasteiger partial charge in [0.05, 0.1) is 9.47 Å². The molecule has 2 rings (SSSR count). The van der Waals surface area contributed by atoms with Crippen LogP contribution in [0.25, 0.3) is 0 Å². The number of benzene rings is 1. The number of nitrogens with zero attached hydrogens (tertiary/aromatic N) is 1. The molecule has 20 heavy (non-hydrogen) atoms. The molecular weight excluding hydrogens is 360 g/mol. The molecule has 0 spiro atoms. The number of halogens is 1. The predicted molar refractivity (Wildman–Crippen MR) is 87.8 cm³/mol. The average Bonchev–Trinajstić information content (AvgIpc) is 2.71. The lowest BCUT2D eigenvalue weighted by molar-refractivity contribution is 0.594. The highest BCUT2D eigenvalue weighted by Gasteiger charge is 2.26. The molecule has 0 aliphatic heterocycles. The van der Waals surface area contributed by atoms with Gasteiger partial charge >= 0.3 is 0 Å². The molecule has 0 aliphatic carbocycles. The van der Waals surface area contributed by atoms with Gasteiger partial charge in [-0.05, 0) is 59.6 Å². The van der Waals surface area contributed by atoms with E-state index in [0.717, 1.165) is 9.35 Å². The van der Waals surface area contributed by atoms with Crippen molar-refractivity contribution in [3.05, 3.63) is 39.7 Å². The van der Waals surface area contributed by atoms with Crippen LogP contribution in [0, 0.1) is 6.92 Å². The monoisotopic (exact) mass is 374 g/mol. The fraction of sp³-hybridized carbons (Fsp3) is 0.231. The van der Waals surface area contributed by atoms with E-state index < -0.39 is 10.0 Å². The molecule has 108 valence electrons. The summed E-state index contributed by atoms with van der Waals surface area (Å²) >= 11 is 4.58. The highest BCUT2D eigenvalue weighted by Crippen LogP contribution is 2.34. The molecule has 0 unspecified atom stereocenters. The van der Waals surface area contributed by atoms with Crippen molar-refractivity contribution in [2.45, 2.75) is 18.1 Å². The first-order valence-corrected chi connectivity index (χ1v) is 9.05. The second kappa shape index (κ2) is 5.75. The van der Waals surface area contributed by atoms with Gasteiger partial charge in [0.2, 0.25) is 0 Å². The first-order chi connectivity index (χ1) is 9.36. The summed E-state index contributed by atoms with van der Waals surface area (Å²) in [6.07, 6.45) is 0. The van der Waals surface area contributed by atoms with Crippen molar-refractivity contribution < 1.29 is 8.42 Å². The number of thiophene rings is 1. The number of hydrogen-bond acceptors (Lipinski definition) is 4. The summed E-state index contributed by atoms with van der Waals surface area (Å²) in [5, 5.41) is 0. The van der Waals surface area contributed by atoms with Crippen LogP contribution >= 0.6 is 27.3 Å². The molecule has 0 saturated carbocycles. The maximum absolute atomic E-state index is 12.7. The molecule has 1 heterocycles. The summed E-state index contributed by atoms with van der Waals surface area (Å²) in [7, 11) is -3.56. The third-order valence-electron chi connectivity index (χ3n) is 2.82. The van der Waals surface area contributed by atoms with Crippen LogP contribution in [-0.2, 0) is 10.0 Å². The summed E-state index contributed by atoms with van der Waals surface area (Å²) in [5.41, 5.74) is 7.77. The minimum absolute atomic E-state index is 0.325. The topological polar surface area (TPSA) is 63.4 Å². The number of aryl methyl sites for hydroxylation is 1. The predicted octanol–water partition coefficient (Wildman–Crippen LogP) is 3.62. The molecule has 4 nitrogen and oxygen atoms in total. The van der Waals surface area contributed by atoms with Crippen LogP contribution in [-0.4, -0.2) is 15.0 Å². The summed E-state index contributed by atoms with van der Waals surface area (Å²) in [6, 6.07) is 8.57. The van der Waals surface area contributed by atoms with Gasteiger partial charge in [0, 0.05) is 12.2 Å². The largest absolute Gasteiger partial charge is 0.399 e. The Labute approximate surface area is 131 Å². The zero-order valence-electron chi connectivity index (χ0n) is 11.1. The standard InChI is InChI=1S/C13H15BrN2O2S2/c1-3-16(11-6-4-5-10(15)8-11)20(17,18)12-7-9(2)13(14)19-12/h4-8H,3,15H2,1-2H3. The Kier molecular flexibility index (Phi) is 4.41. The van der Waals surface area contributed by atoms with Crippen LogP contribution in [0.5, 0.6) is 0 Å². The van der Waals surface area contributed by atoms with Gasteiger partial charge in [0.1, 0.15) is 4.21 Å². The van der Waals surface area contributed by atoms with Gasteiger partial charge in [-0.25, -0.2) is 8.42 Å². The van der Waals surface area contributed by atoms with E-state index in [2.05, 4.69) is 15.9 Å². The summed E-state index contributed by atoms with van der Waals surface area (Å²) in [4.78, 5) is 0. The lowest BCUT2D eigenvalue weighted by Crippen LogP contribution is -2.30. The lowest BCUT2D eigenvalue weighted by Gasteiger charge is -2.22. The number of rotatable bonds is 4. The van der Waals surface area contributed by atoms with Gasteiger partial charge in [0.15, 0.2) is 0 Å². The highest BCUT2D eigenvalue weighted by atomic mass is 79.9. The van der Waals surface area contributed by atoms with Gasteiger partial charge in [-0.3, -0.25) is 4.31 Å². The van der Waals surface area contributed by atoms with Crippen LogP contribution in [0.15, 0.2) is 38.3 Å². The Morgan fingerprint density at radius 2 is 2.05 bits per heavy atom. The molecule has 1 aromatic carbocycles. The van der Waals surface area contributed by atoms with Crippen molar-refractivity contribution in [3.63, 3.8) is 0 Å². The van der Waals surface area contributed by atoms with Crippen LogP contribution in [0.1, 0.15) is 12.5 Å². The Bertz CT molecular complexity index is 706. The van der Waals surface area contributed by atoms with Crippen molar-refractivity contribution in [2.24, 2.45) is 0 Å². The number of anilines is 2. The molecule has 0 fully saturated rings. The van der Waals surface area contributed by atoms with E-state index in [9.17, 15) is 8.42 Å². The molecule has 0 atom stereocenters. The van der Waals surface area contributed by atoms with E-state index in [-0.39, 0.29) is 0 Å². The third kappa shape index (κ3) is 2.84. The Morgan fingerprint density at radius 3 is 2.55 bits per heavy atom. The van der Waals surface area contributed by atoms with Gasteiger partial charge in [-0.1, -0.05) is 6.07 Å². The first kappa shape index (κ1) is 15.3. The van der Waals surface area contributed by atoms with E-state index in [1.165, 1.54) is 15.6 Å². The highest BCUT2D eigenvalue weighted by molar-refractivity contribution is 9.11. The molecule has 0 saturated heterocycles. The molecule has 0 amide bonds. The molecule has 0 bridgehead atoms. The van der Waals surface area contributed by atoms with E-state index in [4.69, 9.17) is 5.73 Å². The molecule has 7 heteroatoms. The Balaban J connectivity index is 2.50. The van der Waals surface area contributed by atoms with E-state index in [0.29, 0.717) is 22.1 Å². The van der Waals surface area contributed by atoms with E-state index in [1.807, 2.05) is 6.92 Å². The van der Waals surface area contributed by atoms with Crippen LogP contribution in [0.2, 0.25) is 0 Å². The SMILES string of the molecule is CCN(c1cccc(N)c1)S(=O)(=O)c1cc(C)c(Br)s1. The minimum Gasteiger partial charge on any atom is -0.399 e. The zero-order valence-corrected chi connectivity index (χ0v) is 14.3. The number of hydrogen-bond donors (Lipinski definition) is 1. The fourth-order valence-corrected chi connectivity index (χ4v) is 5.65. The van der Waals surface area contributed by atoms with Crippen molar-refractivity contribution in [1.29, 1.82) is 0 Å². The van der Waals surface area contributed by atoms with Crippen molar-refractivity contribution in [3.8, 4) is 0 Å². The maximum atomic E-state index is 12.7. The zero-order chi connectivity index (χ0) is 14.9. The molecular formula is C13H15BrN2O2S2. The van der Waals surface area contributed by atoms with Crippen molar-refractivity contribution in [1.82, 2.24) is 0 Å². The van der Waals surface area contributed by atoms with Crippen molar-refractivity contribution in [2.75, 3.05) is 16.6 Å². The van der Waals surface area contributed by atoms with Crippen molar-refractivity contribution >= 4 is 48.7 Å². The van der Waals surface area contributed by atoms with Crippen LogP contribution in [0.4, 0.5) is 11.4 Å². The number of sulfonamides is 1. The number of nitrogens with two attached hydrogens (primary N) is 1. The second-order valence-electron chi connectivity index (χ2n) is 4.29. The van der Waals surface area contributed by atoms with Gasteiger partial charge < -0.3 is 5.73 Å². The maximum Gasteiger partial charge on any atom is 0.273 e. The van der Waals surface area contributed by atoms with E-state index >= 15 is 0 Å². The Hall–Kier alpha value is -1.05. The van der Waals surface area contributed by atoms with Crippen LogP contribution < -0.4 is 10.0 Å². The second-order valence-corrected chi connectivity index (χ2v) is 8.75. The van der Waals surface area contributed by atoms with Gasteiger partial charge in [-0.15, -0.1) is 11.3 Å². The van der Waals surface area contributed by atoms with Gasteiger partial charge in [0.25, 0.3) is 10.0 Å². The molecule has 1 aromatic heterocycles. The normalized spacial score (nSPS) is 11.6. The number of nitrogen functional groups attached to an aromatic ring is 1. The molecule has 2 N–H and O–H groups in total. The molecule has 0 aliphatic rings. The molecule has 0 radical (unpaired) electrons. The average molecular weight is 375 g/mol. The first-order valence-electron chi connectivity index (χ1n) is 6.00. The third-order valence-corrected chi connectivity index (χ3v) is 7.31. The summed E-state index contributed by atoms with van der Waals surface area (Å²) in [5.74, 6) is 0. The quantitative estimate of drug-likeness (QED) is 0.831. The molecule has 2 aromatic rings. The van der Waals surface area contributed by atoms with Gasteiger partial charge in [-0.2, -0.15) is 0 Å².